The van der Waals surface area contributed by atoms with Gasteiger partial charge in [-0.15, -0.1) is 0 Å². The molecule has 3 rings (SSSR count). The topological polar surface area (TPSA) is 62.2 Å². The van der Waals surface area contributed by atoms with E-state index in [1.165, 1.54) is 17.1 Å². The highest BCUT2D eigenvalue weighted by atomic mass is 32.1. The Kier molecular flexibility index (Phi) is 2.57. The minimum absolute atomic E-state index is 0.139. The molecule has 1 saturated heterocycles. The van der Waals surface area contributed by atoms with Crippen LogP contribution in [0.25, 0.3) is 10.1 Å². The van der Waals surface area contributed by atoms with Gasteiger partial charge in [-0.1, -0.05) is 18.2 Å². The van der Waals surface area contributed by atoms with Crippen LogP contribution in [0.3, 0.4) is 0 Å². The fourth-order valence-corrected chi connectivity index (χ4v) is 3.17. The summed E-state index contributed by atoms with van der Waals surface area (Å²) in [5, 5.41) is 13.4. The normalized spacial score (nSPS) is 24.2. The monoisotopic (exact) mass is 248 g/mol. The molecule has 0 radical (unpaired) electrons. The van der Waals surface area contributed by atoms with Crippen molar-refractivity contribution in [3.05, 3.63) is 30.0 Å². The van der Waals surface area contributed by atoms with Gasteiger partial charge in [0.2, 0.25) is 0 Å². The van der Waals surface area contributed by atoms with Crippen LogP contribution in [0.2, 0.25) is 0 Å². The first kappa shape index (κ1) is 10.7. The summed E-state index contributed by atoms with van der Waals surface area (Å²) < 4.78 is 5.35. The molecule has 1 aliphatic heterocycles. The fourth-order valence-electron chi connectivity index (χ4n) is 2.35. The Morgan fingerprint density at radius 3 is 3.18 bits per heavy atom. The van der Waals surface area contributed by atoms with Crippen molar-refractivity contribution in [3.8, 4) is 0 Å². The van der Waals surface area contributed by atoms with Crippen LogP contribution < -0.4 is 5.32 Å². The quantitative estimate of drug-likeness (QED) is 0.853. The van der Waals surface area contributed by atoms with Gasteiger partial charge in [-0.3, -0.25) is 4.79 Å². The fraction of sp³-hybridized carbons (Fsp3) is 0.333. The number of fused-ring (bicyclic) bond motifs is 1. The van der Waals surface area contributed by atoms with E-state index in [-0.39, 0.29) is 12.0 Å². The van der Waals surface area contributed by atoms with Crippen molar-refractivity contribution >= 4 is 27.6 Å². The van der Waals surface area contributed by atoms with Gasteiger partial charge >= 0.3 is 5.97 Å². The van der Waals surface area contributed by atoms with Crippen LogP contribution in [0.15, 0.2) is 24.4 Å². The van der Waals surface area contributed by atoms with Crippen LogP contribution in [-0.4, -0.2) is 22.0 Å². The van der Waals surface area contributed by atoms with Crippen LogP contribution in [0, 0.1) is 5.92 Å². The number of nitrogens with zero attached hydrogens (tertiary/aromatic N) is 1. The first-order valence-electron chi connectivity index (χ1n) is 5.55. The largest absolute Gasteiger partial charge is 0.481 e. The van der Waals surface area contributed by atoms with Crippen molar-refractivity contribution in [1.29, 1.82) is 0 Å². The summed E-state index contributed by atoms with van der Waals surface area (Å²) in [5.74, 6) is -0.986. The zero-order valence-corrected chi connectivity index (χ0v) is 9.91. The lowest BCUT2D eigenvalue weighted by atomic mass is 9.99. The number of hydrogen-bond donors (Lipinski definition) is 2. The maximum Gasteiger partial charge on any atom is 0.307 e. The van der Waals surface area contributed by atoms with Gasteiger partial charge in [0.15, 0.2) is 0 Å². The van der Waals surface area contributed by atoms with Crippen molar-refractivity contribution in [1.82, 2.24) is 9.69 Å². The highest BCUT2D eigenvalue weighted by Gasteiger charge is 2.31. The lowest BCUT2D eigenvalue weighted by Gasteiger charge is -2.11. The lowest BCUT2D eigenvalue weighted by Crippen LogP contribution is -2.17. The van der Waals surface area contributed by atoms with E-state index in [1.807, 2.05) is 18.3 Å². The van der Waals surface area contributed by atoms with Crippen LogP contribution >= 0.6 is 11.5 Å². The molecule has 0 aliphatic carbocycles. The predicted molar refractivity (Wildman–Crippen MR) is 66.1 cm³/mol. The first-order valence-corrected chi connectivity index (χ1v) is 6.32. The second-order valence-corrected chi connectivity index (χ2v) is 5.12. The van der Waals surface area contributed by atoms with E-state index in [1.54, 1.807) is 0 Å². The molecular formula is C12H12N2O2S. The number of hydrogen-bond acceptors (Lipinski definition) is 4. The van der Waals surface area contributed by atoms with Crippen molar-refractivity contribution in [2.24, 2.45) is 5.92 Å². The number of carboxylic acid groups (broad SMARTS) is 1. The van der Waals surface area contributed by atoms with Gasteiger partial charge in [0, 0.05) is 24.2 Å². The van der Waals surface area contributed by atoms with E-state index in [4.69, 9.17) is 5.11 Å². The Balaban J connectivity index is 1.95. The average Bonchev–Trinajstić information content (AvgIpc) is 2.97. The second kappa shape index (κ2) is 4.09. The maximum atomic E-state index is 10.9. The minimum Gasteiger partial charge on any atom is -0.481 e. The Morgan fingerprint density at radius 2 is 2.41 bits per heavy atom. The molecule has 2 heterocycles. The summed E-state index contributed by atoms with van der Waals surface area (Å²) >= 11 is 1.47. The highest BCUT2D eigenvalue weighted by Crippen LogP contribution is 2.33. The molecule has 0 spiro atoms. The molecule has 2 atom stereocenters. The van der Waals surface area contributed by atoms with Crippen molar-refractivity contribution in [2.75, 3.05) is 6.54 Å². The van der Waals surface area contributed by atoms with E-state index >= 15 is 0 Å². The number of rotatable bonds is 2. The maximum absolute atomic E-state index is 10.9. The van der Waals surface area contributed by atoms with Crippen LogP contribution in [-0.2, 0) is 4.79 Å². The Morgan fingerprint density at radius 1 is 1.53 bits per heavy atom. The molecule has 1 aromatic carbocycles. The van der Waals surface area contributed by atoms with Gasteiger partial charge in [0.05, 0.1) is 10.6 Å². The van der Waals surface area contributed by atoms with Crippen molar-refractivity contribution in [2.45, 2.75) is 12.5 Å². The summed E-state index contributed by atoms with van der Waals surface area (Å²) in [6.45, 7) is 0.551. The Labute approximate surface area is 102 Å². The standard InChI is InChI=1S/C12H12N2O2S/c15-12(16)8-4-10(13-5-8)9-3-1-2-7-6-14-17-11(7)9/h1-3,6,8,10,13H,4-5H2,(H,15,16). The molecule has 1 aromatic heterocycles. The number of aliphatic carboxylic acids is 1. The molecule has 2 unspecified atom stereocenters. The van der Waals surface area contributed by atoms with E-state index in [2.05, 4.69) is 15.8 Å². The number of carbonyl (C=O) groups is 1. The molecule has 1 aliphatic rings. The molecule has 2 aromatic rings. The average molecular weight is 248 g/mol. The van der Waals surface area contributed by atoms with E-state index in [0.29, 0.717) is 13.0 Å². The van der Waals surface area contributed by atoms with Gasteiger partial charge in [0.1, 0.15) is 0 Å². The van der Waals surface area contributed by atoms with Gasteiger partial charge in [-0.05, 0) is 23.5 Å². The zero-order chi connectivity index (χ0) is 11.8. The third-order valence-electron chi connectivity index (χ3n) is 3.27. The Bertz CT molecular complexity index is 566. The third kappa shape index (κ3) is 1.81. The third-order valence-corrected chi connectivity index (χ3v) is 4.13. The van der Waals surface area contributed by atoms with Gasteiger partial charge in [-0.2, -0.15) is 4.37 Å². The molecule has 0 amide bonds. The molecule has 0 saturated carbocycles. The van der Waals surface area contributed by atoms with Gasteiger partial charge in [-0.25, -0.2) is 0 Å². The van der Waals surface area contributed by atoms with E-state index in [9.17, 15) is 4.79 Å². The summed E-state index contributed by atoms with van der Waals surface area (Å²) in [5.41, 5.74) is 1.17. The molecule has 1 fully saturated rings. The number of carboxylic acids is 1. The van der Waals surface area contributed by atoms with Gasteiger partial charge in [0.25, 0.3) is 0 Å². The zero-order valence-electron chi connectivity index (χ0n) is 9.09. The van der Waals surface area contributed by atoms with Crippen LogP contribution in [0.4, 0.5) is 0 Å². The number of aromatic nitrogens is 1. The lowest BCUT2D eigenvalue weighted by molar-refractivity contribution is -0.141. The minimum atomic E-state index is -0.712. The molecule has 0 bridgehead atoms. The van der Waals surface area contributed by atoms with E-state index < -0.39 is 5.97 Å². The van der Waals surface area contributed by atoms with Crippen molar-refractivity contribution < 1.29 is 9.90 Å². The SMILES string of the molecule is O=C(O)C1CNC(c2cccc3cnsc23)C1. The molecule has 17 heavy (non-hydrogen) atoms. The summed E-state index contributed by atoms with van der Waals surface area (Å²) in [4.78, 5) is 10.9. The molecule has 2 N–H and O–H groups in total. The van der Waals surface area contributed by atoms with Gasteiger partial charge < -0.3 is 10.4 Å². The molecule has 5 heteroatoms. The smallest absolute Gasteiger partial charge is 0.307 e. The highest BCUT2D eigenvalue weighted by molar-refractivity contribution is 7.13. The molecule has 88 valence electrons. The Hall–Kier alpha value is -1.46. The van der Waals surface area contributed by atoms with Crippen LogP contribution in [0.5, 0.6) is 0 Å². The van der Waals surface area contributed by atoms with Crippen LogP contribution in [0.1, 0.15) is 18.0 Å². The number of nitrogens with one attached hydrogen (secondary N) is 1. The summed E-state index contributed by atoms with van der Waals surface area (Å²) in [7, 11) is 0. The summed E-state index contributed by atoms with van der Waals surface area (Å²) in [6, 6.07) is 6.23. The molecule has 4 nitrogen and oxygen atoms in total. The number of benzene rings is 1. The van der Waals surface area contributed by atoms with E-state index in [0.717, 1.165) is 10.1 Å². The van der Waals surface area contributed by atoms with Crippen molar-refractivity contribution in [3.63, 3.8) is 0 Å². The molecular weight excluding hydrogens is 236 g/mol. The second-order valence-electron chi connectivity index (χ2n) is 4.32. The first-order chi connectivity index (χ1) is 8.25. The predicted octanol–water partition coefficient (Wildman–Crippen LogP) is 2.03. The summed E-state index contributed by atoms with van der Waals surface area (Å²) in [6.07, 6.45) is 2.51.